The number of phenolic OH excluding ortho intramolecular Hbond substituents is 1. The van der Waals surface area contributed by atoms with Crippen molar-refractivity contribution in [3.8, 4) is 11.5 Å². The minimum atomic E-state index is 0.192. The van der Waals surface area contributed by atoms with Gasteiger partial charge in [-0.2, -0.15) is 0 Å². The Bertz CT molecular complexity index is 978. The van der Waals surface area contributed by atoms with E-state index < -0.39 is 0 Å². The Morgan fingerprint density at radius 1 is 1.10 bits per heavy atom. The summed E-state index contributed by atoms with van der Waals surface area (Å²) in [5, 5.41) is 18.2. The van der Waals surface area contributed by atoms with Gasteiger partial charge < -0.3 is 25.5 Å². The first-order valence-electron chi connectivity index (χ1n) is 10.1. The summed E-state index contributed by atoms with van der Waals surface area (Å²) in [7, 11) is 1.55. The number of fused-ring (bicyclic) bond motifs is 1. The number of aliphatic imine (C=N–C) groups is 1. The first-order chi connectivity index (χ1) is 14.1. The Kier molecular flexibility index (Phi) is 7.00. The van der Waals surface area contributed by atoms with Crippen LogP contribution in [0.4, 0.5) is 0 Å². The molecule has 2 aromatic carbocycles. The summed E-state index contributed by atoms with van der Waals surface area (Å²) in [6, 6.07) is 11.9. The molecule has 4 N–H and O–H groups in total. The average Bonchev–Trinajstić information content (AvgIpc) is 3.14. The third-order valence-corrected chi connectivity index (χ3v) is 4.99. The summed E-state index contributed by atoms with van der Waals surface area (Å²) >= 11 is 0. The third kappa shape index (κ3) is 5.02. The van der Waals surface area contributed by atoms with Crippen LogP contribution in [0.3, 0.4) is 0 Å². The van der Waals surface area contributed by atoms with Crippen LogP contribution in [0.5, 0.6) is 11.5 Å². The lowest BCUT2D eigenvalue weighted by Gasteiger charge is -2.12. The van der Waals surface area contributed by atoms with Gasteiger partial charge in [0.05, 0.1) is 7.11 Å². The molecular weight excluding hydrogens is 364 g/mol. The van der Waals surface area contributed by atoms with E-state index in [0.29, 0.717) is 18.7 Å². The van der Waals surface area contributed by atoms with Crippen LogP contribution >= 0.6 is 0 Å². The van der Waals surface area contributed by atoms with Gasteiger partial charge in [-0.1, -0.05) is 30.3 Å². The normalized spacial score (nSPS) is 11.6. The zero-order valence-corrected chi connectivity index (χ0v) is 17.4. The van der Waals surface area contributed by atoms with E-state index in [2.05, 4.69) is 51.9 Å². The van der Waals surface area contributed by atoms with Gasteiger partial charge in [-0.3, -0.25) is 4.99 Å². The number of aromatic amines is 1. The van der Waals surface area contributed by atoms with Crippen LogP contribution in [0.1, 0.15) is 23.6 Å². The standard InChI is InChI=1S/C23H30N4O2/c1-4-24-23(25-13-11-17-8-6-10-20(29-3)22(17)28)26-14-12-18-15-27-21-16(2)7-5-9-19(18)21/h5-10,15,27-28H,4,11-14H2,1-3H3,(H2,24,25,26). The lowest BCUT2D eigenvalue weighted by atomic mass is 10.1. The molecule has 0 spiro atoms. The quantitative estimate of drug-likeness (QED) is 0.348. The zero-order chi connectivity index (χ0) is 20.6. The van der Waals surface area contributed by atoms with Gasteiger partial charge in [-0.05, 0) is 49.4 Å². The van der Waals surface area contributed by atoms with E-state index in [4.69, 9.17) is 4.74 Å². The predicted octanol–water partition coefficient (Wildman–Crippen LogP) is 3.53. The molecule has 0 amide bonds. The molecule has 0 aliphatic rings. The molecule has 0 aliphatic heterocycles. The molecule has 154 valence electrons. The molecule has 1 heterocycles. The molecular formula is C23H30N4O2. The van der Waals surface area contributed by atoms with Crippen molar-refractivity contribution < 1.29 is 9.84 Å². The van der Waals surface area contributed by atoms with Crippen molar-refractivity contribution >= 4 is 16.9 Å². The summed E-state index contributed by atoms with van der Waals surface area (Å²) in [6.45, 7) is 6.33. The maximum Gasteiger partial charge on any atom is 0.191 e. The summed E-state index contributed by atoms with van der Waals surface area (Å²) in [4.78, 5) is 8.01. The van der Waals surface area contributed by atoms with E-state index in [-0.39, 0.29) is 5.75 Å². The highest BCUT2D eigenvalue weighted by Gasteiger charge is 2.08. The number of methoxy groups -OCH3 is 1. The van der Waals surface area contributed by atoms with Gasteiger partial charge in [0.1, 0.15) is 0 Å². The van der Waals surface area contributed by atoms with Crippen molar-refractivity contribution in [2.45, 2.75) is 26.7 Å². The number of H-pyrrole nitrogens is 1. The van der Waals surface area contributed by atoms with Gasteiger partial charge in [-0.15, -0.1) is 0 Å². The molecule has 0 bridgehead atoms. The van der Waals surface area contributed by atoms with E-state index in [1.807, 2.05) is 19.1 Å². The second-order valence-corrected chi connectivity index (χ2v) is 6.97. The molecule has 6 nitrogen and oxygen atoms in total. The molecule has 3 aromatic rings. The summed E-state index contributed by atoms with van der Waals surface area (Å²) < 4.78 is 5.16. The Hall–Kier alpha value is -3.15. The van der Waals surface area contributed by atoms with Crippen molar-refractivity contribution in [3.63, 3.8) is 0 Å². The second-order valence-electron chi connectivity index (χ2n) is 6.97. The average molecular weight is 395 g/mol. The summed E-state index contributed by atoms with van der Waals surface area (Å²) in [5.41, 5.74) is 4.60. The number of aryl methyl sites for hydroxylation is 1. The number of nitrogens with zero attached hydrogens (tertiary/aromatic N) is 1. The Balaban J connectivity index is 1.57. The molecule has 0 unspecified atom stereocenters. The number of ether oxygens (including phenoxy) is 1. The van der Waals surface area contributed by atoms with Crippen LogP contribution in [0.2, 0.25) is 0 Å². The molecule has 0 aliphatic carbocycles. The smallest absolute Gasteiger partial charge is 0.191 e. The van der Waals surface area contributed by atoms with Crippen LogP contribution in [-0.4, -0.2) is 42.8 Å². The topological polar surface area (TPSA) is 81.7 Å². The number of benzene rings is 2. The lowest BCUT2D eigenvalue weighted by molar-refractivity contribution is 0.370. The molecule has 1 aromatic heterocycles. The van der Waals surface area contributed by atoms with Crippen LogP contribution < -0.4 is 15.4 Å². The number of rotatable bonds is 8. The lowest BCUT2D eigenvalue weighted by Crippen LogP contribution is -2.38. The van der Waals surface area contributed by atoms with E-state index in [1.54, 1.807) is 13.2 Å². The van der Waals surface area contributed by atoms with Crippen molar-refractivity contribution in [2.75, 3.05) is 26.7 Å². The van der Waals surface area contributed by atoms with Crippen LogP contribution in [-0.2, 0) is 12.8 Å². The molecule has 0 fully saturated rings. The minimum Gasteiger partial charge on any atom is -0.504 e. The molecule has 0 atom stereocenters. The van der Waals surface area contributed by atoms with Crippen molar-refractivity contribution in [1.82, 2.24) is 15.6 Å². The van der Waals surface area contributed by atoms with Crippen molar-refractivity contribution in [1.29, 1.82) is 0 Å². The third-order valence-electron chi connectivity index (χ3n) is 4.99. The Morgan fingerprint density at radius 3 is 2.72 bits per heavy atom. The van der Waals surface area contributed by atoms with E-state index in [0.717, 1.165) is 31.0 Å². The van der Waals surface area contributed by atoms with Gasteiger partial charge in [-0.25, -0.2) is 0 Å². The zero-order valence-electron chi connectivity index (χ0n) is 17.4. The number of phenols is 1. The Labute approximate surface area is 172 Å². The van der Waals surface area contributed by atoms with Crippen LogP contribution in [0, 0.1) is 6.92 Å². The highest BCUT2D eigenvalue weighted by atomic mass is 16.5. The molecule has 0 radical (unpaired) electrons. The number of hydrogen-bond acceptors (Lipinski definition) is 3. The highest BCUT2D eigenvalue weighted by Crippen LogP contribution is 2.29. The van der Waals surface area contributed by atoms with Gasteiger partial charge in [0.15, 0.2) is 17.5 Å². The van der Waals surface area contributed by atoms with E-state index in [9.17, 15) is 5.11 Å². The highest BCUT2D eigenvalue weighted by molar-refractivity contribution is 5.86. The maximum absolute atomic E-state index is 10.2. The minimum absolute atomic E-state index is 0.192. The first kappa shape index (κ1) is 20.6. The Morgan fingerprint density at radius 2 is 1.93 bits per heavy atom. The fourth-order valence-electron chi connectivity index (χ4n) is 3.45. The van der Waals surface area contributed by atoms with E-state index in [1.165, 1.54) is 22.0 Å². The fraction of sp³-hybridized carbons (Fsp3) is 0.348. The van der Waals surface area contributed by atoms with Crippen LogP contribution in [0.25, 0.3) is 10.9 Å². The SMILES string of the molecule is CCNC(=NCCc1cccc(OC)c1O)NCCc1c[nH]c2c(C)cccc12. The summed E-state index contributed by atoms with van der Waals surface area (Å²) in [6.07, 6.45) is 3.64. The van der Waals surface area contributed by atoms with Gasteiger partial charge in [0.2, 0.25) is 0 Å². The number of guanidine groups is 1. The van der Waals surface area contributed by atoms with E-state index >= 15 is 0 Å². The monoisotopic (exact) mass is 394 g/mol. The van der Waals surface area contributed by atoms with Crippen LogP contribution in [0.15, 0.2) is 47.6 Å². The molecule has 6 heteroatoms. The van der Waals surface area contributed by atoms with Gasteiger partial charge in [0, 0.05) is 36.7 Å². The van der Waals surface area contributed by atoms with Gasteiger partial charge in [0.25, 0.3) is 0 Å². The largest absolute Gasteiger partial charge is 0.504 e. The molecule has 29 heavy (non-hydrogen) atoms. The molecule has 0 saturated carbocycles. The number of hydrogen-bond donors (Lipinski definition) is 4. The predicted molar refractivity (Wildman–Crippen MR) is 119 cm³/mol. The number of para-hydroxylation sites is 2. The first-order valence-corrected chi connectivity index (χ1v) is 10.1. The molecule has 3 rings (SSSR count). The fourth-order valence-corrected chi connectivity index (χ4v) is 3.45. The number of aromatic hydroxyl groups is 1. The van der Waals surface area contributed by atoms with Gasteiger partial charge >= 0.3 is 0 Å². The van der Waals surface area contributed by atoms with Crippen molar-refractivity contribution in [3.05, 3.63) is 59.3 Å². The number of aromatic nitrogens is 1. The second kappa shape index (κ2) is 9.87. The number of nitrogens with one attached hydrogen (secondary N) is 3. The molecule has 0 saturated heterocycles. The maximum atomic E-state index is 10.2. The van der Waals surface area contributed by atoms with Crippen molar-refractivity contribution in [2.24, 2.45) is 4.99 Å². The summed E-state index contributed by atoms with van der Waals surface area (Å²) in [5.74, 6) is 1.47.